The number of aryl methyl sites for hydroxylation is 2. The van der Waals surface area contributed by atoms with Crippen molar-refractivity contribution in [3.63, 3.8) is 0 Å². The summed E-state index contributed by atoms with van der Waals surface area (Å²) in [5, 5.41) is 15.6. The van der Waals surface area contributed by atoms with E-state index in [0.717, 1.165) is 27.8 Å². The molecule has 2 aromatic carbocycles. The fourth-order valence-corrected chi connectivity index (χ4v) is 2.90. The van der Waals surface area contributed by atoms with Crippen LogP contribution in [0.5, 0.6) is 5.75 Å². The van der Waals surface area contributed by atoms with Gasteiger partial charge in [-0.1, -0.05) is 19.9 Å². The summed E-state index contributed by atoms with van der Waals surface area (Å²) in [5.74, 6) is 1.06. The molecular weight excluding hydrogens is 352 g/mol. The van der Waals surface area contributed by atoms with Crippen LogP contribution in [-0.4, -0.2) is 27.1 Å². The first-order chi connectivity index (χ1) is 13.2. The van der Waals surface area contributed by atoms with E-state index in [0.29, 0.717) is 23.0 Å². The molecule has 0 bridgehead atoms. The van der Waals surface area contributed by atoms with Crippen LogP contribution in [0.25, 0.3) is 22.2 Å². The minimum absolute atomic E-state index is 0.0565. The van der Waals surface area contributed by atoms with E-state index in [9.17, 15) is 9.90 Å². The van der Waals surface area contributed by atoms with Crippen LogP contribution in [0.4, 0.5) is 10.6 Å². The molecule has 0 aliphatic carbocycles. The Morgan fingerprint density at radius 1 is 1.00 bits per heavy atom. The van der Waals surface area contributed by atoms with Crippen molar-refractivity contribution in [3.8, 4) is 16.9 Å². The molecule has 0 radical (unpaired) electrons. The Kier molecular flexibility index (Phi) is 5.49. The van der Waals surface area contributed by atoms with Gasteiger partial charge in [0.1, 0.15) is 5.75 Å². The first kappa shape index (κ1) is 19.6. The van der Waals surface area contributed by atoms with Crippen molar-refractivity contribution in [2.45, 2.75) is 40.7 Å². The molecule has 146 valence electrons. The average molecular weight is 378 g/mol. The third-order valence-corrected chi connectivity index (χ3v) is 4.97. The molecule has 1 heterocycles. The van der Waals surface area contributed by atoms with E-state index >= 15 is 0 Å². The van der Waals surface area contributed by atoms with Gasteiger partial charge < -0.3 is 10.4 Å². The minimum Gasteiger partial charge on any atom is -0.507 e. The summed E-state index contributed by atoms with van der Waals surface area (Å²) in [4.78, 5) is 21.1. The quantitative estimate of drug-likeness (QED) is 0.609. The highest BCUT2D eigenvalue weighted by Crippen LogP contribution is 2.30. The molecule has 3 rings (SSSR count). The summed E-state index contributed by atoms with van der Waals surface area (Å²) in [6, 6.07) is 9.47. The van der Waals surface area contributed by atoms with Gasteiger partial charge in [0.25, 0.3) is 0 Å². The number of carbonyl (C=O) groups excluding carboxylic acids is 1. The number of aromatic nitrogens is 2. The summed E-state index contributed by atoms with van der Waals surface area (Å²) in [7, 11) is 0. The van der Waals surface area contributed by atoms with Gasteiger partial charge in [-0.2, -0.15) is 0 Å². The number of phenolic OH excluding ortho intramolecular Hbond substituents is 1. The zero-order valence-corrected chi connectivity index (χ0v) is 16.9. The lowest BCUT2D eigenvalue weighted by atomic mass is 9.99. The number of hydrogen-bond donors (Lipinski definition) is 3. The Morgan fingerprint density at radius 3 is 2.32 bits per heavy atom. The van der Waals surface area contributed by atoms with Gasteiger partial charge in [0, 0.05) is 6.04 Å². The Morgan fingerprint density at radius 2 is 1.68 bits per heavy atom. The number of amides is 2. The predicted octanol–water partition coefficient (Wildman–Crippen LogP) is 4.79. The summed E-state index contributed by atoms with van der Waals surface area (Å²) >= 11 is 0. The largest absolute Gasteiger partial charge is 0.507 e. The second kappa shape index (κ2) is 7.84. The molecule has 6 heteroatoms. The molecule has 3 N–H and O–H groups in total. The van der Waals surface area contributed by atoms with Crippen molar-refractivity contribution < 1.29 is 9.90 Å². The average Bonchev–Trinajstić information content (AvgIpc) is 2.64. The molecule has 0 saturated carbocycles. The van der Waals surface area contributed by atoms with Crippen LogP contribution in [0.1, 0.15) is 31.9 Å². The third-order valence-electron chi connectivity index (χ3n) is 4.97. The number of nitrogens with zero attached hydrogens (tertiary/aromatic N) is 2. The van der Waals surface area contributed by atoms with Crippen LogP contribution in [0.2, 0.25) is 0 Å². The summed E-state index contributed by atoms with van der Waals surface area (Å²) in [5.41, 5.74) is 5.06. The van der Waals surface area contributed by atoms with E-state index in [2.05, 4.69) is 34.4 Å². The lowest BCUT2D eigenvalue weighted by Gasteiger charge is -2.17. The molecule has 0 aliphatic heterocycles. The zero-order chi connectivity index (χ0) is 20.4. The Bertz CT molecular complexity index is 1010. The lowest BCUT2D eigenvalue weighted by Crippen LogP contribution is -2.39. The van der Waals surface area contributed by atoms with E-state index in [4.69, 9.17) is 0 Å². The topological polar surface area (TPSA) is 87.1 Å². The van der Waals surface area contributed by atoms with Crippen molar-refractivity contribution in [3.05, 3.63) is 47.7 Å². The number of phenols is 1. The molecule has 0 unspecified atom stereocenters. The molecule has 0 spiro atoms. The van der Waals surface area contributed by atoms with Gasteiger partial charge in [0.15, 0.2) is 5.82 Å². The normalized spacial score (nSPS) is 12.2. The number of hydrogen-bond acceptors (Lipinski definition) is 4. The highest BCUT2D eigenvalue weighted by atomic mass is 16.3. The van der Waals surface area contributed by atoms with Crippen LogP contribution in [0.3, 0.4) is 0 Å². The number of fused-ring (bicyclic) bond motifs is 1. The zero-order valence-electron chi connectivity index (χ0n) is 16.9. The van der Waals surface area contributed by atoms with E-state index in [-0.39, 0.29) is 12.1 Å². The number of anilines is 1. The molecule has 3 aromatic rings. The molecule has 6 nitrogen and oxygen atoms in total. The standard InChI is InChI=1S/C22H26N4O2/c1-12(2)15(5)24-22(28)26-20-11-23-18-7-6-16(10-19(18)25-20)17-8-13(3)21(27)14(4)9-17/h6-12,15,27H,1-5H3,(H2,24,25,26,28)/t15-/m1/s1. The Labute approximate surface area is 165 Å². The van der Waals surface area contributed by atoms with Gasteiger partial charge in [-0.15, -0.1) is 0 Å². The smallest absolute Gasteiger partial charge is 0.320 e. The highest BCUT2D eigenvalue weighted by Gasteiger charge is 2.12. The Balaban J connectivity index is 1.88. The first-order valence-electron chi connectivity index (χ1n) is 9.39. The number of carbonyl (C=O) groups is 1. The maximum Gasteiger partial charge on any atom is 0.320 e. The van der Waals surface area contributed by atoms with Crippen LogP contribution >= 0.6 is 0 Å². The van der Waals surface area contributed by atoms with Gasteiger partial charge in [-0.3, -0.25) is 10.3 Å². The fraction of sp³-hybridized carbons (Fsp3) is 0.318. The van der Waals surface area contributed by atoms with Crippen molar-refractivity contribution >= 4 is 22.9 Å². The molecule has 2 amide bonds. The highest BCUT2D eigenvalue weighted by molar-refractivity contribution is 5.90. The van der Waals surface area contributed by atoms with E-state index < -0.39 is 0 Å². The van der Waals surface area contributed by atoms with Crippen molar-refractivity contribution in [2.24, 2.45) is 5.92 Å². The molecule has 1 aromatic heterocycles. The number of urea groups is 1. The number of nitrogens with one attached hydrogen (secondary N) is 2. The van der Waals surface area contributed by atoms with E-state index in [1.54, 1.807) is 6.20 Å². The van der Waals surface area contributed by atoms with Gasteiger partial charge in [-0.05, 0) is 73.2 Å². The molecule has 0 fully saturated rings. The fourth-order valence-electron chi connectivity index (χ4n) is 2.90. The van der Waals surface area contributed by atoms with Crippen LogP contribution < -0.4 is 10.6 Å². The molecule has 0 aliphatic rings. The lowest BCUT2D eigenvalue weighted by molar-refractivity contribution is 0.246. The molecule has 0 saturated heterocycles. The summed E-state index contributed by atoms with van der Waals surface area (Å²) in [6.45, 7) is 9.82. The number of rotatable bonds is 4. The van der Waals surface area contributed by atoms with Crippen molar-refractivity contribution in [1.82, 2.24) is 15.3 Å². The van der Waals surface area contributed by atoms with Gasteiger partial charge in [0.2, 0.25) is 0 Å². The summed E-state index contributed by atoms with van der Waals surface area (Å²) in [6.07, 6.45) is 1.55. The molecule has 28 heavy (non-hydrogen) atoms. The predicted molar refractivity (Wildman–Crippen MR) is 113 cm³/mol. The van der Waals surface area contributed by atoms with Gasteiger partial charge >= 0.3 is 6.03 Å². The molecular formula is C22H26N4O2. The van der Waals surface area contributed by atoms with E-state index in [1.807, 2.05) is 51.1 Å². The minimum atomic E-state index is -0.296. The van der Waals surface area contributed by atoms with Crippen LogP contribution in [-0.2, 0) is 0 Å². The second-order valence-electron chi connectivity index (χ2n) is 7.55. The SMILES string of the molecule is Cc1cc(-c2ccc3ncc(NC(=O)N[C@H](C)C(C)C)nc3c2)cc(C)c1O. The van der Waals surface area contributed by atoms with Crippen LogP contribution in [0, 0.1) is 19.8 Å². The van der Waals surface area contributed by atoms with Gasteiger partial charge in [0.05, 0.1) is 17.2 Å². The maximum absolute atomic E-state index is 12.1. The molecule has 1 atom stereocenters. The summed E-state index contributed by atoms with van der Waals surface area (Å²) < 4.78 is 0. The number of benzene rings is 2. The van der Waals surface area contributed by atoms with Crippen molar-refractivity contribution in [1.29, 1.82) is 0 Å². The first-order valence-corrected chi connectivity index (χ1v) is 9.39. The third kappa shape index (κ3) is 4.22. The van der Waals surface area contributed by atoms with Gasteiger partial charge in [-0.25, -0.2) is 9.78 Å². The van der Waals surface area contributed by atoms with E-state index in [1.165, 1.54) is 0 Å². The Hall–Kier alpha value is -3.15. The van der Waals surface area contributed by atoms with Crippen molar-refractivity contribution in [2.75, 3.05) is 5.32 Å². The monoisotopic (exact) mass is 378 g/mol. The number of aromatic hydroxyl groups is 1. The maximum atomic E-state index is 12.1. The van der Waals surface area contributed by atoms with Crippen LogP contribution in [0.15, 0.2) is 36.5 Å². The second-order valence-corrected chi connectivity index (χ2v) is 7.55.